The highest BCUT2D eigenvalue weighted by molar-refractivity contribution is 6.32. The molecule has 0 saturated heterocycles. The molecule has 5 nitrogen and oxygen atoms in total. The number of anilines is 1. The summed E-state index contributed by atoms with van der Waals surface area (Å²) in [5, 5.41) is 3.35. The lowest BCUT2D eigenvalue weighted by molar-refractivity contribution is -0.117. The van der Waals surface area contributed by atoms with Crippen molar-refractivity contribution >= 4 is 29.0 Å². The minimum atomic E-state index is -0.307. The van der Waals surface area contributed by atoms with Gasteiger partial charge in [-0.15, -0.1) is 0 Å². The molecule has 0 fully saturated rings. The molecule has 4 rings (SSSR count). The van der Waals surface area contributed by atoms with E-state index in [1.165, 1.54) is 0 Å². The molecule has 0 unspecified atom stereocenters. The Labute approximate surface area is 167 Å². The van der Waals surface area contributed by atoms with Crippen LogP contribution in [0.4, 0.5) is 5.69 Å². The minimum Gasteiger partial charge on any atom is -0.495 e. The van der Waals surface area contributed by atoms with Crippen LogP contribution >= 0.6 is 11.6 Å². The molecule has 142 valence electrons. The highest BCUT2D eigenvalue weighted by Gasteiger charge is 2.32. The first-order valence-corrected chi connectivity index (χ1v) is 9.40. The monoisotopic (exact) mass is 394 g/mol. The van der Waals surface area contributed by atoms with Crippen LogP contribution in [0.25, 0.3) is 0 Å². The highest BCUT2D eigenvalue weighted by atomic mass is 35.5. The van der Waals surface area contributed by atoms with Crippen molar-refractivity contribution in [3.8, 4) is 5.75 Å². The summed E-state index contributed by atoms with van der Waals surface area (Å²) in [5.41, 5.74) is 2.73. The number of methoxy groups -OCH3 is 1. The predicted molar refractivity (Wildman–Crippen MR) is 108 cm³/mol. The second-order valence-electron chi connectivity index (χ2n) is 6.67. The number of hydrogen-bond acceptors (Lipinski definition) is 3. The fourth-order valence-electron chi connectivity index (χ4n) is 3.62. The van der Waals surface area contributed by atoms with Gasteiger partial charge in [0.1, 0.15) is 5.75 Å². The maximum absolute atomic E-state index is 12.8. The van der Waals surface area contributed by atoms with Crippen LogP contribution in [0.2, 0.25) is 5.02 Å². The number of ketones is 1. The van der Waals surface area contributed by atoms with E-state index in [9.17, 15) is 9.59 Å². The highest BCUT2D eigenvalue weighted by Crippen LogP contribution is 2.33. The standard InChI is InChI=1S/C22H19ClN2O3/c1-28-20-10-7-15(13-17(20)23)24-22(27)16-11-12-25-18(16)8-9-19(25)21(26)14-5-3-2-4-6-14/h2-10,13,16H,11-12H2,1H3,(H,24,27)/t16-/m1/s1. The van der Waals surface area contributed by atoms with Crippen LogP contribution in [0.1, 0.15) is 34.1 Å². The van der Waals surface area contributed by atoms with E-state index >= 15 is 0 Å². The van der Waals surface area contributed by atoms with Crippen molar-refractivity contribution in [3.63, 3.8) is 0 Å². The van der Waals surface area contributed by atoms with Crippen molar-refractivity contribution in [2.75, 3.05) is 12.4 Å². The lowest BCUT2D eigenvalue weighted by atomic mass is 10.0. The molecular weight excluding hydrogens is 376 g/mol. The van der Waals surface area contributed by atoms with Crippen LogP contribution in [0, 0.1) is 0 Å². The van der Waals surface area contributed by atoms with Gasteiger partial charge in [0.2, 0.25) is 11.7 Å². The zero-order chi connectivity index (χ0) is 19.7. The van der Waals surface area contributed by atoms with Crippen LogP contribution in [0.15, 0.2) is 60.7 Å². The lowest BCUT2D eigenvalue weighted by Gasteiger charge is -2.12. The molecule has 0 radical (unpaired) electrons. The van der Waals surface area contributed by atoms with Gasteiger partial charge < -0.3 is 14.6 Å². The summed E-state index contributed by atoms with van der Waals surface area (Å²) in [7, 11) is 1.54. The van der Waals surface area contributed by atoms with Crippen LogP contribution < -0.4 is 10.1 Å². The average molecular weight is 395 g/mol. The Morgan fingerprint density at radius 1 is 1.11 bits per heavy atom. The van der Waals surface area contributed by atoms with Gasteiger partial charge in [-0.2, -0.15) is 0 Å². The molecule has 3 aromatic rings. The van der Waals surface area contributed by atoms with Gasteiger partial charge in [0.15, 0.2) is 0 Å². The molecule has 1 N–H and O–H groups in total. The number of ether oxygens (including phenoxy) is 1. The van der Waals surface area contributed by atoms with Crippen molar-refractivity contribution < 1.29 is 14.3 Å². The summed E-state index contributed by atoms with van der Waals surface area (Å²) >= 11 is 6.13. The molecule has 0 saturated carbocycles. The molecule has 1 atom stereocenters. The van der Waals surface area contributed by atoms with Gasteiger partial charge >= 0.3 is 0 Å². The number of nitrogens with zero attached hydrogens (tertiary/aromatic N) is 1. The number of carbonyl (C=O) groups excluding carboxylic acids is 2. The number of amides is 1. The van der Waals surface area contributed by atoms with E-state index in [0.29, 0.717) is 40.7 Å². The van der Waals surface area contributed by atoms with Crippen molar-refractivity contribution in [1.82, 2.24) is 4.57 Å². The third-order valence-corrected chi connectivity index (χ3v) is 5.31. The molecular formula is C22H19ClN2O3. The molecule has 2 heterocycles. The SMILES string of the molecule is COc1ccc(NC(=O)[C@@H]2CCn3c(C(=O)c4ccccc4)ccc32)cc1Cl. The van der Waals surface area contributed by atoms with E-state index in [-0.39, 0.29) is 17.6 Å². The predicted octanol–water partition coefficient (Wildman–Crippen LogP) is 4.51. The van der Waals surface area contributed by atoms with Gasteiger partial charge in [-0.05, 0) is 36.8 Å². The molecule has 0 spiro atoms. The first-order valence-electron chi connectivity index (χ1n) is 9.02. The number of aromatic nitrogens is 1. The average Bonchev–Trinajstić information content (AvgIpc) is 3.30. The first kappa shape index (κ1) is 18.3. The van der Waals surface area contributed by atoms with Gasteiger partial charge in [-0.1, -0.05) is 41.9 Å². The van der Waals surface area contributed by atoms with Gasteiger partial charge in [-0.3, -0.25) is 9.59 Å². The minimum absolute atomic E-state index is 0.0326. The van der Waals surface area contributed by atoms with Crippen molar-refractivity contribution in [3.05, 3.63) is 82.6 Å². The Morgan fingerprint density at radius 2 is 1.89 bits per heavy atom. The van der Waals surface area contributed by atoms with Crippen molar-refractivity contribution in [1.29, 1.82) is 0 Å². The van der Waals surface area contributed by atoms with Gasteiger partial charge in [0.05, 0.1) is 23.7 Å². The molecule has 6 heteroatoms. The summed E-state index contributed by atoms with van der Waals surface area (Å²) in [6.07, 6.45) is 0.654. The van der Waals surface area contributed by atoms with Crippen LogP contribution in [0.5, 0.6) is 5.75 Å². The van der Waals surface area contributed by atoms with Gasteiger partial charge in [0.25, 0.3) is 0 Å². The molecule has 1 aromatic heterocycles. The van der Waals surface area contributed by atoms with Crippen LogP contribution in [-0.4, -0.2) is 23.4 Å². The Morgan fingerprint density at radius 3 is 2.61 bits per heavy atom. The molecule has 2 aromatic carbocycles. The third-order valence-electron chi connectivity index (χ3n) is 5.02. The second kappa shape index (κ2) is 7.52. The quantitative estimate of drug-likeness (QED) is 0.648. The maximum Gasteiger partial charge on any atom is 0.233 e. The van der Waals surface area contributed by atoms with Gasteiger partial charge in [0, 0.05) is 23.5 Å². The molecule has 1 amide bonds. The summed E-state index contributed by atoms with van der Waals surface area (Å²) in [6.45, 7) is 0.637. The van der Waals surface area contributed by atoms with Crippen LogP contribution in [0.3, 0.4) is 0 Å². The summed E-state index contributed by atoms with van der Waals surface area (Å²) < 4.78 is 7.08. The lowest BCUT2D eigenvalue weighted by Crippen LogP contribution is -2.19. The van der Waals surface area contributed by atoms with Gasteiger partial charge in [-0.25, -0.2) is 0 Å². The third kappa shape index (κ3) is 3.29. The summed E-state index contributed by atoms with van der Waals surface area (Å²) in [6, 6.07) is 18.0. The van der Waals surface area contributed by atoms with E-state index in [2.05, 4.69) is 5.32 Å². The number of benzene rings is 2. The summed E-state index contributed by atoms with van der Waals surface area (Å²) in [4.78, 5) is 25.6. The van der Waals surface area contributed by atoms with E-state index in [0.717, 1.165) is 5.69 Å². The fraction of sp³-hybridized carbons (Fsp3) is 0.182. The van der Waals surface area contributed by atoms with E-state index in [1.54, 1.807) is 43.5 Å². The Hall–Kier alpha value is -3.05. The zero-order valence-corrected chi connectivity index (χ0v) is 16.1. The number of rotatable bonds is 5. The number of fused-ring (bicyclic) bond motifs is 1. The second-order valence-corrected chi connectivity index (χ2v) is 7.08. The smallest absolute Gasteiger partial charge is 0.233 e. The molecule has 1 aliphatic heterocycles. The van der Waals surface area contributed by atoms with Crippen molar-refractivity contribution in [2.45, 2.75) is 18.9 Å². The Bertz CT molecular complexity index is 1040. The molecule has 1 aliphatic rings. The Balaban J connectivity index is 1.54. The largest absolute Gasteiger partial charge is 0.495 e. The zero-order valence-electron chi connectivity index (χ0n) is 15.3. The molecule has 28 heavy (non-hydrogen) atoms. The topological polar surface area (TPSA) is 60.3 Å². The Kier molecular flexibility index (Phi) is 4.92. The normalized spacial score (nSPS) is 15.1. The fourth-order valence-corrected chi connectivity index (χ4v) is 3.88. The van der Waals surface area contributed by atoms with E-state index in [4.69, 9.17) is 16.3 Å². The molecule has 0 bridgehead atoms. The number of nitrogens with one attached hydrogen (secondary N) is 1. The number of halogens is 1. The number of hydrogen-bond donors (Lipinski definition) is 1. The number of carbonyl (C=O) groups is 2. The van der Waals surface area contributed by atoms with Crippen LogP contribution in [-0.2, 0) is 11.3 Å². The van der Waals surface area contributed by atoms with E-state index < -0.39 is 0 Å². The van der Waals surface area contributed by atoms with Crippen molar-refractivity contribution in [2.24, 2.45) is 0 Å². The summed E-state index contributed by atoms with van der Waals surface area (Å²) in [5.74, 6) is 0.100. The maximum atomic E-state index is 12.8. The molecule has 0 aliphatic carbocycles. The first-order chi connectivity index (χ1) is 13.6. The van der Waals surface area contributed by atoms with E-state index in [1.807, 2.05) is 28.8 Å².